The van der Waals surface area contributed by atoms with Gasteiger partial charge in [-0.15, -0.1) is 0 Å². The Morgan fingerprint density at radius 2 is 1.90 bits per heavy atom. The minimum atomic E-state index is 0.0365. The summed E-state index contributed by atoms with van der Waals surface area (Å²) in [6.45, 7) is 2.00. The van der Waals surface area contributed by atoms with Crippen molar-refractivity contribution in [2.24, 2.45) is 11.0 Å². The Labute approximate surface area is 119 Å². The maximum absolute atomic E-state index is 12.0. The Morgan fingerprint density at radius 3 is 2.50 bits per heavy atom. The van der Waals surface area contributed by atoms with E-state index in [9.17, 15) is 9.90 Å². The van der Waals surface area contributed by atoms with E-state index in [1.165, 1.54) is 6.42 Å². The molecule has 1 amide bonds. The number of amides is 1. The molecule has 20 heavy (non-hydrogen) atoms. The van der Waals surface area contributed by atoms with Crippen molar-refractivity contribution in [2.45, 2.75) is 45.4 Å². The van der Waals surface area contributed by atoms with Crippen LogP contribution in [0.5, 0.6) is 5.75 Å². The zero-order chi connectivity index (χ0) is 14.4. The molecule has 1 aliphatic rings. The summed E-state index contributed by atoms with van der Waals surface area (Å²) in [4.78, 5) is 12.0. The third-order valence-corrected chi connectivity index (χ3v) is 3.81. The van der Waals surface area contributed by atoms with E-state index >= 15 is 0 Å². The minimum absolute atomic E-state index is 0.0365. The number of carbonyl (C=O) groups excluding carboxylic acids is 1. The molecule has 0 saturated heterocycles. The number of phenols is 1. The highest BCUT2D eigenvalue weighted by Crippen LogP contribution is 2.23. The highest BCUT2D eigenvalue weighted by Gasteiger charge is 2.20. The van der Waals surface area contributed by atoms with Crippen molar-refractivity contribution >= 4 is 11.6 Å². The second kappa shape index (κ2) is 7.08. The van der Waals surface area contributed by atoms with E-state index < -0.39 is 0 Å². The van der Waals surface area contributed by atoms with Crippen LogP contribution in [0, 0.1) is 5.92 Å². The fourth-order valence-corrected chi connectivity index (χ4v) is 2.58. The molecule has 1 aromatic carbocycles. The van der Waals surface area contributed by atoms with Gasteiger partial charge in [-0.05, 0) is 49.1 Å². The molecule has 1 fully saturated rings. The van der Waals surface area contributed by atoms with E-state index in [0.29, 0.717) is 0 Å². The Morgan fingerprint density at radius 1 is 1.25 bits per heavy atom. The van der Waals surface area contributed by atoms with Crippen molar-refractivity contribution in [3.05, 3.63) is 29.8 Å². The normalized spacial score (nSPS) is 16.9. The van der Waals surface area contributed by atoms with Crippen LogP contribution in [0.1, 0.15) is 51.0 Å². The average molecular weight is 274 g/mol. The molecule has 0 heterocycles. The van der Waals surface area contributed by atoms with Crippen molar-refractivity contribution in [1.29, 1.82) is 0 Å². The number of nitrogens with one attached hydrogen (secondary N) is 1. The first-order chi connectivity index (χ1) is 9.70. The molecule has 108 valence electrons. The predicted octanol–water partition coefficient (Wildman–Crippen LogP) is 3.20. The van der Waals surface area contributed by atoms with E-state index in [0.717, 1.165) is 43.4 Å². The summed E-state index contributed by atoms with van der Waals surface area (Å²) >= 11 is 0. The quantitative estimate of drug-likeness (QED) is 0.654. The molecule has 0 atom stereocenters. The van der Waals surface area contributed by atoms with E-state index in [1.807, 2.05) is 19.1 Å². The van der Waals surface area contributed by atoms with Crippen molar-refractivity contribution in [2.75, 3.05) is 0 Å². The van der Waals surface area contributed by atoms with Crippen molar-refractivity contribution in [1.82, 2.24) is 5.43 Å². The van der Waals surface area contributed by atoms with Crippen LogP contribution in [0.4, 0.5) is 0 Å². The number of nitrogens with zero attached hydrogens (tertiary/aromatic N) is 1. The van der Waals surface area contributed by atoms with Crippen LogP contribution >= 0.6 is 0 Å². The molecule has 0 radical (unpaired) electrons. The first-order valence-electron chi connectivity index (χ1n) is 7.36. The summed E-state index contributed by atoms with van der Waals surface area (Å²) in [6.07, 6.45) is 6.20. The monoisotopic (exact) mass is 274 g/mol. The fraction of sp³-hybridized carbons (Fsp3) is 0.500. The molecular weight excluding hydrogens is 252 g/mol. The third kappa shape index (κ3) is 3.83. The predicted molar refractivity (Wildman–Crippen MR) is 79.7 cm³/mol. The second-order valence-corrected chi connectivity index (χ2v) is 5.27. The zero-order valence-corrected chi connectivity index (χ0v) is 11.9. The molecule has 1 saturated carbocycles. The Kier molecular flexibility index (Phi) is 5.16. The van der Waals surface area contributed by atoms with Gasteiger partial charge in [-0.2, -0.15) is 5.10 Å². The van der Waals surface area contributed by atoms with Crippen LogP contribution in [0.25, 0.3) is 0 Å². The number of phenolic OH excluding ortho intramolecular Hbond substituents is 1. The van der Waals surface area contributed by atoms with Crippen molar-refractivity contribution < 1.29 is 9.90 Å². The fourth-order valence-electron chi connectivity index (χ4n) is 2.58. The van der Waals surface area contributed by atoms with Gasteiger partial charge in [0, 0.05) is 5.92 Å². The van der Waals surface area contributed by atoms with Gasteiger partial charge in [0.05, 0.1) is 5.71 Å². The average Bonchev–Trinajstić information content (AvgIpc) is 2.50. The van der Waals surface area contributed by atoms with E-state index in [4.69, 9.17) is 0 Å². The number of carbonyl (C=O) groups is 1. The van der Waals surface area contributed by atoms with Gasteiger partial charge < -0.3 is 5.11 Å². The smallest absolute Gasteiger partial charge is 0.243 e. The third-order valence-electron chi connectivity index (χ3n) is 3.81. The zero-order valence-electron chi connectivity index (χ0n) is 11.9. The van der Waals surface area contributed by atoms with Crippen molar-refractivity contribution in [3.63, 3.8) is 0 Å². The second-order valence-electron chi connectivity index (χ2n) is 5.27. The summed E-state index contributed by atoms with van der Waals surface area (Å²) in [5, 5.41) is 13.5. The van der Waals surface area contributed by atoms with Gasteiger partial charge in [0.2, 0.25) is 5.91 Å². The molecule has 2 N–H and O–H groups in total. The Hall–Kier alpha value is -1.84. The lowest BCUT2D eigenvalue weighted by Gasteiger charge is -2.19. The number of benzene rings is 1. The highest BCUT2D eigenvalue weighted by molar-refractivity contribution is 6.01. The molecule has 4 heteroatoms. The van der Waals surface area contributed by atoms with Gasteiger partial charge in [-0.25, -0.2) is 5.43 Å². The van der Waals surface area contributed by atoms with Gasteiger partial charge in [-0.1, -0.05) is 26.2 Å². The van der Waals surface area contributed by atoms with Gasteiger partial charge >= 0.3 is 0 Å². The SMILES string of the molecule is CCC(=NNC(=O)C1CCCCC1)c1ccc(O)cc1. The molecule has 0 unspecified atom stereocenters. The van der Waals surface area contributed by atoms with Gasteiger partial charge in [0.1, 0.15) is 5.75 Å². The van der Waals surface area contributed by atoms with E-state index in [-0.39, 0.29) is 17.6 Å². The van der Waals surface area contributed by atoms with Crippen LogP contribution in [0.2, 0.25) is 0 Å². The molecule has 0 aliphatic heterocycles. The Bertz CT molecular complexity index is 474. The number of hydrazone groups is 1. The number of aromatic hydroxyl groups is 1. The van der Waals surface area contributed by atoms with Crippen LogP contribution in [-0.2, 0) is 4.79 Å². The van der Waals surface area contributed by atoms with Crippen LogP contribution in [0.3, 0.4) is 0 Å². The van der Waals surface area contributed by atoms with Crippen LogP contribution in [-0.4, -0.2) is 16.7 Å². The number of rotatable bonds is 4. The highest BCUT2D eigenvalue weighted by atomic mass is 16.3. The van der Waals surface area contributed by atoms with E-state index in [2.05, 4.69) is 10.5 Å². The van der Waals surface area contributed by atoms with Gasteiger partial charge in [0.25, 0.3) is 0 Å². The first kappa shape index (κ1) is 14.6. The molecule has 4 nitrogen and oxygen atoms in total. The maximum Gasteiger partial charge on any atom is 0.243 e. The summed E-state index contributed by atoms with van der Waals surface area (Å²) < 4.78 is 0. The molecule has 0 bridgehead atoms. The molecule has 1 aliphatic carbocycles. The summed E-state index contributed by atoms with van der Waals surface area (Å²) in [5.74, 6) is 0.385. The minimum Gasteiger partial charge on any atom is -0.508 e. The lowest BCUT2D eigenvalue weighted by molar-refractivity contribution is -0.125. The first-order valence-corrected chi connectivity index (χ1v) is 7.36. The summed E-state index contributed by atoms with van der Waals surface area (Å²) in [7, 11) is 0. The maximum atomic E-state index is 12.0. The standard InChI is InChI=1S/C16H22N2O2/c1-2-15(12-8-10-14(19)11-9-12)17-18-16(20)13-6-4-3-5-7-13/h8-11,13,19H,2-7H2,1H3,(H,18,20). The van der Waals surface area contributed by atoms with Crippen LogP contribution < -0.4 is 5.43 Å². The molecule has 0 aromatic heterocycles. The van der Waals surface area contributed by atoms with Gasteiger partial charge in [-0.3, -0.25) is 4.79 Å². The molecule has 1 aromatic rings. The van der Waals surface area contributed by atoms with Crippen molar-refractivity contribution in [3.8, 4) is 5.75 Å². The Balaban J connectivity index is 2.00. The lowest BCUT2D eigenvalue weighted by atomic mass is 9.89. The van der Waals surface area contributed by atoms with E-state index in [1.54, 1.807) is 12.1 Å². The number of hydrogen-bond acceptors (Lipinski definition) is 3. The molecule has 0 spiro atoms. The van der Waals surface area contributed by atoms with Crippen LogP contribution in [0.15, 0.2) is 29.4 Å². The van der Waals surface area contributed by atoms with Gasteiger partial charge in [0.15, 0.2) is 0 Å². The molecule has 2 rings (SSSR count). The summed E-state index contributed by atoms with van der Waals surface area (Å²) in [6, 6.07) is 6.88. The topological polar surface area (TPSA) is 61.7 Å². The summed E-state index contributed by atoms with van der Waals surface area (Å²) in [5.41, 5.74) is 4.46. The lowest BCUT2D eigenvalue weighted by Crippen LogP contribution is -2.29. The largest absolute Gasteiger partial charge is 0.508 e. The molecular formula is C16H22N2O2. The number of hydrogen-bond donors (Lipinski definition) is 2.